The van der Waals surface area contributed by atoms with Gasteiger partial charge < -0.3 is 15.2 Å². The summed E-state index contributed by atoms with van der Waals surface area (Å²) in [6.45, 7) is 3.66. The fourth-order valence-electron chi connectivity index (χ4n) is 1.56. The van der Waals surface area contributed by atoms with Crippen LogP contribution in [0.3, 0.4) is 0 Å². The second-order valence-corrected chi connectivity index (χ2v) is 3.66. The Labute approximate surface area is 80.6 Å². The molecule has 1 saturated heterocycles. The summed E-state index contributed by atoms with van der Waals surface area (Å²) in [6, 6.07) is 0.245. The molecular formula is C10H21NO2. The van der Waals surface area contributed by atoms with Crippen LogP contribution >= 0.6 is 0 Å². The third-order valence-corrected chi connectivity index (χ3v) is 2.36. The van der Waals surface area contributed by atoms with Gasteiger partial charge in [-0.1, -0.05) is 26.2 Å². The molecule has 0 aliphatic carbocycles. The third kappa shape index (κ3) is 4.60. The lowest BCUT2D eigenvalue weighted by Gasteiger charge is -2.15. The van der Waals surface area contributed by atoms with Gasteiger partial charge in [-0.3, -0.25) is 0 Å². The first-order valence-electron chi connectivity index (χ1n) is 5.31. The zero-order chi connectivity index (χ0) is 9.52. The van der Waals surface area contributed by atoms with Crippen LogP contribution in [0.4, 0.5) is 0 Å². The molecule has 3 nitrogen and oxygen atoms in total. The number of ether oxygens (including phenoxy) is 2. The lowest BCUT2D eigenvalue weighted by atomic mass is 10.1. The van der Waals surface area contributed by atoms with Gasteiger partial charge in [0.2, 0.25) is 0 Å². The molecule has 1 aliphatic rings. The molecule has 2 N–H and O–H groups in total. The van der Waals surface area contributed by atoms with Gasteiger partial charge in [0, 0.05) is 12.5 Å². The summed E-state index contributed by atoms with van der Waals surface area (Å²) >= 11 is 0. The fraction of sp³-hybridized carbons (Fsp3) is 1.00. The van der Waals surface area contributed by atoms with Crippen molar-refractivity contribution in [3.05, 3.63) is 0 Å². The molecule has 0 radical (unpaired) electrons. The highest BCUT2D eigenvalue weighted by Gasteiger charge is 2.18. The molecule has 1 atom stereocenters. The predicted molar refractivity (Wildman–Crippen MR) is 52.4 cm³/mol. The molecule has 13 heavy (non-hydrogen) atoms. The maximum Gasteiger partial charge on any atom is 0.159 e. The Kier molecular flexibility index (Phi) is 5.35. The summed E-state index contributed by atoms with van der Waals surface area (Å²) in [6.07, 6.45) is 5.67. The Balaban J connectivity index is 1.99. The van der Waals surface area contributed by atoms with Crippen LogP contribution in [-0.2, 0) is 9.47 Å². The topological polar surface area (TPSA) is 44.5 Å². The van der Waals surface area contributed by atoms with Crippen molar-refractivity contribution in [2.75, 3.05) is 13.2 Å². The summed E-state index contributed by atoms with van der Waals surface area (Å²) in [5.74, 6) is 0. The Morgan fingerprint density at radius 3 is 2.62 bits per heavy atom. The first kappa shape index (κ1) is 11.0. The molecule has 0 aromatic rings. The minimum atomic E-state index is -0.0309. The molecule has 1 heterocycles. The monoisotopic (exact) mass is 187 g/mol. The van der Waals surface area contributed by atoms with Gasteiger partial charge in [-0.2, -0.15) is 0 Å². The summed E-state index contributed by atoms with van der Waals surface area (Å²) in [7, 11) is 0. The molecule has 78 valence electrons. The molecule has 1 unspecified atom stereocenters. The molecule has 1 fully saturated rings. The SMILES string of the molecule is CCCCCC(N)CC1OCCO1. The quantitative estimate of drug-likeness (QED) is 0.643. The van der Waals surface area contributed by atoms with Crippen LogP contribution in [0.2, 0.25) is 0 Å². The molecule has 0 amide bonds. The molecule has 0 aromatic heterocycles. The van der Waals surface area contributed by atoms with Gasteiger partial charge in [-0.05, 0) is 6.42 Å². The van der Waals surface area contributed by atoms with E-state index in [1.165, 1.54) is 19.3 Å². The summed E-state index contributed by atoms with van der Waals surface area (Å²) in [5.41, 5.74) is 5.93. The van der Waals surface area contributed by atoms with Gasteiger partial charge in [0.1, 0.15) is 0 Å². The van der Waals surface area contributed by atoms with Crippen LogP contribution in [0.25, 0.3) is 0 Å². The van der Waals surface area contributed by atoms with Gasteiger partial charge in [0.15, 0.2) is 6.29 Å². The smallest absolute Gasteiger partial charge is 0.159 e. The van der Waals surface area contributed by atoms with Gasteiger partial charge in [0.05, 0.1) is 13.2 Å². The van der Waals surface area contributed by atoms with Crippen LogP contribution in [0, 0.1) is 0 Å². The molecule has 0 bridgehead atoms. The van der Waals surface area contributed by atoms with Crippen LogP contribution in [0.5, 0.6) is 0 Å². The molecular weight excluding hydrogens is 166 g/mol. The van der Waals surface area contributed by atoms with Crippen LogP contribution in [0.1, 0.15) is 39.0 Å². The van der Waals surface area contributed by atoms with Crippen molar-refractivity contribution in [3.63, 3.8) is 0 Å². The van der Waals surface area contributed by atoms with E-state index in [1.807, 2.05) is 0 Å². The average molecular weight is 187 g/mol. The van der Waals surface area contributed by atoms with E-state index in [4.69, 9.17) is 15.2 Å². The zero-order valence-corrected chi connectivity index (χ0v) is 8.50. The number of nitrogens with two attached hydrogens (primary N) is 1. The van der Waals surface area contributed by atoms with E-state index in [0.717, 1.165) is 26.1 Å². The highest BCUT2D eigenvalue weighted by molar-refractivity contribution is 4.65. The van der Waals surface area contributed by atoms with Crippen molar-refractivity contribution in [1.82, 2.24) is 0 Å². The van der Waals surface area contributed by atoms with Crippen molar-refractivity contribution in [2.24, 2.45) is 5.73 Å². The van der Waals surface area contributed by atoms with E-state index in [0.29, 0.717) is 0 Å². The minimum Gasteiger partial charge on any atom is -0.350 e. The first-order chi connectivity index (χ1) is 6.33. The fourth-order valence-corrected chi connectivity index (χ4v) is 1.56. The predicted octanol–water partition coefficient (Wildman–Crippen LogP) is 1.66. The van der Waals surface area contributed by atoms with Crippen molar-refractivity contribution in [3.8, 4) is 0 Å². The van der Waals surface area contributed by atoms with Crippen LogP contribution in [-0.4, -0.2) is 25.5 Å². The van der Waals surface area contributed by atoms with Crippen molar-refractivity contribution in [1.29, 1.82) is 0 Å². The molecule has 1 aliphatic heterocycles. The highest BCUT2D eigenvalue weighted by atomic mass is 16.7. The Hall–Kier alpha value is -0.120. The van der Waals surface area contributed by atoms with Gasteiger partial charge in [-0.15, -0.1) is 0 Å². The first-order valence-corrected chi connectivity index (χ1v) is 5.31. The van der Waals surface area contributed by atoms with E-state index in [9.17, 15) is 0 Å². The number of hydrogen-bond acceptors (Lipinski definition) is 3. The van der Waals surface area contributed by atoms with E-state index in [1.54, 1.807) is 0 Å². The standard InChI is InChI=1S/C10H21NO2/c1-2-3-4-5-9(11)8-10-12-6-7-13-10/h9-10H,2-8,11H2,1H3. The molecule has 3 heteroatoms. The lowest BCUT2D eigenvalue weighted by molar-refractivity contribution is -0.0510. The van der Waals surface area contributed by atoms with E-state index >= 15 is 0 Å². The summed E-state index contributed by atoms with van der Waals surface area (Å²) < 4.78 is 10.7. The molecule has 0 saturated carbocycles. The Morgan fingerprint density at radius 1 is 1.31 bits per heavy atom. The van der Waals surface area contributed by atoms with E-state index in [-0.39, 0.29) is 12.3 Å². The van der Waals surface area contributed by atoms with Crippen LogP contribution in [0.15, 0.2) is 0 Å². The lowest BCUT2D eigenvalue weighted by Crippen LogP contribution is -2.26. The highest BCUT2D eigenvalue weighted by Crippen LogP contribution is 2.13. The Bertz CT molecular complexity index is 124. The van der Waals surface area contributed by atoms with E-state index in [2.05, 4.69) is 6.92 Å². The summed E-state index contributed by atoms with van der Waals surface area (Å²) in [5, 5.41) is 0. The maximum absolute atomic E-state index is 5.93. The van der Waals surface area contributed by atoms with Gasteiger partial charge >= 0.3 is 0 Å². The number of rotatable bonds is 6. The van der Waals surface area contributed by atoms with Crippen molar-refractivity contribution in [2.45, 2.75) is 51.4 Å². The Morgan fingerprint density at radius 2 is 2.00 bits per heavy atom. The van der Waals surface area contributed by atoms with Crippen molar-refractivity contribution < 1.29 is 9.47 Å². The second-order valence-electron chi connectivity index (χ2n) is 3.66. The molecule has 1 rings (SSSR count). The normalized spacial score (nSPS) is 20.8. The number of hydrogen-bond donors (Lipinski definition) is 1. The minimum absolute atomic E-state index is 0.0309. The van der Waals surface area contributed by atoms with Gasteiger partial charge in [-0.25, -0.2) is 0 Å². The van der Waals surface area contributed by atoms with E-state index < -0.39 is 0 Å². The molecule has 0 spiro atoms. The molecule has 0 aromatic carbocycles. The number of unbranched alkanes of at least 4 members (excludes halogenated alkanes) is 2. The second kappa shape index (κ2) is 6.35. The largest absolute Gasteiger partial charge is 0.350 e. The average Bonchev–Trinajstić information content (AvgIpc) is 2.57. The van der Waals surface area contributed by atoms with Gasteiger partial charge in [0.25, 0.3) is 0 Å². The third-order valence-electron chi connectivity index (χ3n) is 2.36. The maximum atomic E-state index is 5.93. The van der Waals surface area contributed by atoms with Crippen LogP contribution < -0.4 is 5.73 Å². The zero-order valence-electron chi connectivity index (χ0n) is 8.50. The summed E-state index contributed by atoms with van der Waals surface area (Å²) in [4.78, 5) is 0. The van der Waals surface area contributed by atoms with Crippen molar-refractivity contribution >= 4 is 0 Å².